The molecule has 1 heterocycles. The highest BCUT2D eigenvalue weighted by molar-refractivity contribution is 5.12. The number of hydrogen-bond donors (Lipinski definition) is 1. The van der Waals surface area contributed by atoms with Gasteiger partial charge in [0.15, 0.2) is 0 Å². The molecule has 80 valence electrons. The van der Waals surface area contributed by atoms with Crippen molar-refractivity contribution in [1.82, 2.24) is 5.32 Å². The van der Waals surface area contributed by atoms with Crippen LogP contribution in [0.15, 0.2) is 16.5 Å². The lowest BCUT2D eigenvalue weighted by atomic mass is 9.85. The normalized spacial score (nSPS) is 14.4. The van der Waals surface area contributed by atoms with E-state index in [1.54, 1.807) is 0 Å². The third-order valence-corrected chi connectivity index (χ3v) is 2.32. The molecule has 1 N–H and O–H groups in total. The highest BCUT2D eigenvalue weighted by atomic mass is 16.3. The summed E-state index contributed by atoms with van der Waals surface area (Å²) >= 11 is 0. The van der Waals surface area contributed by atoms with Gasteiger partial charge in [0.1, 0.15) is 11.5 Å². The molecule has 1 aromatic heterocycles. The summed E-state index contributed by atoms with van der Waals surface area (Å²) in [6.45, 7) is 11.7. The third kappa shape index (κ3) is 2.61. The number of furan rings is 1. The van der Waals surface area contributed by atoms with E-state index in [0.29, 0.717) is 6.04 Å². The largest absolute Gasteiger partial charge is 0.465 e. The topological polar surface area (TPSA) is 25.2 Å². The molecule has 0 fully saturated rings. The smallest absolute Gasteiger partial charge is 0.121 e. The van der Waals surface area contributed by atoms with Crippen molar-refractivity contribution in [2.45, 2.75) is 40.7 Å². The fourth-order valence-corrected chi connectivity index (χ4v) is 1.65. The van der Waals surface area contributed by atoms with Crippen molar-refractivity contribution in [3.05, 3.63) is 23.7 Å². The molecule has 0 amide bonds. The molecular weight excluding hydrogens is 174 g/mol. The summed E-state index contributed by atoms with van der Waals surface area (Å²) < 4.78 is 5.66. The molecule has 0 aliphatic carbocycles. The maximum absolute atomic E-state index is 5.66. The van der Waals surface area contributed by atoms with Crippen LogP contribution in [0.1, 0.15) is 45.3 Å². The molecule has 2 heteroatoms. The van der Waals surface area contributed by atoms with Crippen molar-refractivity contribution in [2.75, 3.05) is 6.54 Å². The molecule has 0 radical (unpaired) electrons. The minimum Gasteiger partial charge on any atom is -0.465 e. The Morgan fingerprint density at radius 2 is 2.00 bits per heavy atom. The molecular formula is C12H21NO. The van der Waals surface area contributed by atoms with Crippen molar-refractivity contribution in [3.63, 3.8) is 0 Å². The van der Waals surface area contributed by atoms with Crippen LogP contribution in [-0.2, 0) is 0 Å². The molecule has 14 heavy (non-hydrogen) atoms. The maximum atomic E-state index is 5.66. The Bertz CT molecular complexity index is 283. The molecule has 1 atom stereocenters. The lowest BCUT2D eigenvalue weighted by molar-refractivity contribution is 0.238. The molecule has 0 aliphatic heterocycles. The molecule has 0 saturated carbocycles. The summed E-state index contributed by atoms with van der Waals surface area (Å²) in [5.41, 5.74) is 0.181. The van der Waals surface area contributed by atoms with Crippen LogP contribution in [0, 0.1) is 12.3 Å². The van der Waals surface area contributed by atoms with Gasteiger partial charge >= 0.3 is 0 Å². The predicted molar refractivity (Wildman–Crippen MR) is 59.3 cm³/mol. The van der Waals surface area contributed by atoms with E-state index in [-0.39, 0.29) is 5.41 Å². The van der Waals surface area contributed by atoms with Crippen molar-refractivity contribution in [3.8, 4) is 0 Å². The fraction of sp³-hybridized carbons (Fsp3) is 0.667. The predicted octanol–water partition coefficient (Wildman–Crippen LogP) is 3.28. The third-order valence-electron chi connectivity index (χ3n) is 2.32. The van der Waals surface area contributed by atoms with Gasteiger partial charge in [0.2, 0.25) is 0 Å². The summed E-state index contributed by atoms with van der Waals surface area (Å²) in [6.07, 6.45) is 0. The highest BCUT2D eigenvalue weighted by Crippen LogP contribution is 2.33. The van der Waals surface area contributed by atoms with E-state index in [0.717, 1.165) is 18.1 Å². The first-order valence-corrected chi connectivity index (χ1v) is 5.25. The zero-order chi connectivity index (χ0) is 10.8. The standard InChI is InChI=1S/C12H21NO/c1-6-13-11(12(3,4)5)10-8-7-9(2)14-10/h7-8,11,13H,6H2,1-5H3. The lowest BCUT2D eigenvalue weighted by Gasteiger charge is -2.29. The summed E-state index contributed by atoms with van der Waals surface area (Å²) in [6, 6.07) is 4.38. The molecule has 0 aliphatic rings. The van der Waals surface area contributed by atoms with Crippen LogP contribution in [0.3, 0.4) is 0 Å². The van der Waals surface area contributed by atoms with E-state index in [1.165, 1.54) is 0 Å². The zero-order valence-electron chi connectivity index (χ0n) is 9.85. The van der Waals surface area contributed by atoms with Gasteiger partial charge in [-0.3, -0.25) is 0 Å². The number of nitrogens with one attached hydrogen (secondary N) is 1. The molecule has 0 spiro atoms. The Labute approximate surface area is 86.7 Å². The minimum absolute atomic E-state index is 0.181. The first-order chi connectivity index (χ1) is 6.45. The van der Waals surface area contributed by atoms with Gasteiger partial charge in [-0.05, 0) is 31.0 Å². The maximum Gasteiger partial charge on any atom is 0.121 e. The van der Waals surface area contributed by atoms with Crippen LogP contribution in [0.25, 0.3) is 0 Å². The minimum atomic E-state index is 0.181. The SMILES string of the molecule is CCNC(c1ccc(C)o1)C(C)(C)C. The second-order valence-corrected chi connectivity index (χ2v) is 4.81. The van der Waals surface area contributed by atoms with Crippen molar-refractivity contribution >= 4 is 0 Å². The monoisotopic (exact) mass is 195 g/mol. The van der Waals surface area contributed by atoms with Gasteiger partial charge in [-0.2, -0.15) is 0 Å². The first kappa shape index (κ1) is 11.3. The van der Waals surface area contributed by atoms with Crippen molar-refractivity contribution in [1.29, 1.82) is 0 Å². The second kappa shape index (κ2) is 4.18. The Hall–Kier alpha value is -0.760. The van der Waals surface area contributed by atoms with Crippen LogP contribution in [0.4, 0.5) is 0 Å². The van der Waals surface area contributed by atoms with Gasteiger partial charge < -0.3 is 9.73 Å². The van der Waals surface area contributed by atoms with E-state index in [4.69, 9.17) is 4.42 Å². The summed E-state index contributed by atoms with van der Waals surface area (Å²) in [5, 5.41) is 3.46. The van der Waals surface area contributed by atoms with Gasteiger partial charge in [-0.15, -0.1) is 0 Å². The van der Waals surface area contributed by atoms with E-state index in [1.807, 2.05) is 13.0 Å². The Kier molecular flexibility index (Phi) is 3.38. The van der Waals surface area contributed by atoms with Crippen LogP contribution in [0.5, 0.6) is 0 Å². The second-order valence-electron chi connectivity index (χ2n) is 4.81. The molecule has 1 unspecified atom stereocenters. The van der Waals surface area contributed by atoms with Gasteiger partial charge in [0.25, 0.3) is 0 Å². The van der Waals surface area contributed by atoms with E-state index >= 15 is 0 Å². The number of aryl methyl sites for hydroxylation is 1. The Morgan fingerprint density at radius 1 is 1.36 bits per heavy atom. The van der Waals surface area contributed by atoms with Gasteiger partial charge in [0.05, 0.1) is 6.04 Å². The van der Waals surface area contributed by atoms with Crippen molar-refractivity contribution in [2.24, 2.45) is 5.41 Å². The van der Waals surface area contributed by atoms with Crippen LogP contribution >= 0.6 is 0 Å². The molecule has 0 bridgehead atoms. The van der Waals surface area contributed by atoms with Crippen LogP contribution in [-0.4, -0.2) is 6.54 Å². The molecule has 1 rings (SSSR count). The van der Waals surface area contributed by atoms with Gasteiger partial charge in [0, 0.05) is 0 Å². The number of hydrogen-bond acceptors (Lipinski definition) is 2. The van der Waals surface area contributed by atoms with Crippen LogP contribution < -0.4 is 5.32 Å². The van der Waals surface area contributed by atoms with Gasteiger partial charge in [-0.25, -0.2) is 0 Å². The lowest BCUT2D eigenvalue weighted by Crippen LogP contribution is -2.31. The van der Waals surface area contributed by atoms with Crippen LogP contribution in [0.2, 0.25) is 0 Å². The summed E-state index contributed by atoms with van der Waals surface area (Å²) in [5.74, 6) is 2.02. The molecule has 0 saturated heterocycles. The summed E-state index contributed by atoms with van der Waals surface area (Å²) in [7, 11) is 0. The highest BCUT2D eigenvalue weighted by Gasteiger charge is 2.27. The van der Waals surface area contributed by atoms with E-state index < -0.39 is 0 Å². The average molecular weight is 195 g/mol. The van der Waals surface area contributed by atoms with Crippen molar-refractivity contribution < 1.29 is 4.42 Å². The fourth-order valence-electron chi connectivity index (χ4n) is 1.65. The molecule has 1 aromatic rings. The zero-order valence-corrected chi connectivity index (χ0v) is 9.85. The quantitative estimate of drug-likeness (QED) is 0.800. The molecule has 2 nitrogen and oxygen atoms in total. The average Bonchev–Trinajstić information content (AvgIpc) is 2.45. The van der Waals surface area contributed by atoms with E-state index in [9.17, 15) is 0 Å². The Balaban J connectivity index is 2.88. The first-order valence-electron chi connectivity index (χ1n) is 5.25. The summed E-state index contributed by atoms with van der Waals surface area (Å²) in [4.78, 5) is 0. The van der Waals surface area contributed by atoms with E-state index in [2.05, 4.69) is 39.1 Å². The van der Waals surface area contributed by atoms with Gasteiger partial charge in [-0.1, -0.05) is 27.7 Å². The molecule has 0 aromatic carbocycles. The number of rotatable bonds is 3. The Morgan fingerprint density at radius 3 is 2.36 bits per heavy atom.